The van der Waals surface area contributed by atoms with Gasteiger partial charge in [-0.25, -0.2) is 0 Å². The second-order valence-electron chi connectivity index (χ2n) is 3.72. The Morgan fingerprint density at radius 1 is 1.11 bits per heavy atom. The average molecular weight is 227 g/mol. The van der Waals surface area contributed by atoms with E-state index in [1.165, 1.54) is 0 Å². The van der Waals surface area contributed by atoms with Gasteiger partial charge < -0.3 is 0 Å². The van der Waals surface area contributed by atoms with Gasteiger partial charge in [-0.05, 0) is 5.04 Å². The van der Waals surface area contributed by atoms with Crippen LogP contribution in [-0.4, -0.2) is 25.0 Å². The van der Waals surface area contributed by atoms with Crippen molar-refractivity contribution >= 4 is 36.1 Å². The first-order chi connectivity index (χ1) is 3.25. The Morgan fingerprint density at radius 3 is 1.22 bits per heavy atom. The van der Waals surface area contributed by atoms with Gasteiger partial charge in [-0.2, -0.15) is 11.1 Å². The summed E-state index contributed by atoms with van der Waals surface area (Å²) in [5.41, 5.74) is 0. The molecule has 0 N–H and O–H groups in total. The van der Waals surface area contributed by atoms with Gasteiger partial charge in [0.1, 0.15) is 0 Å². The predicted molar refractivity (Wildman–Crippen MR) is 54.4 cm³/mol. The summed E-state index contributed by atoms with van der Waals surface area (Å²) < 4.78 is 0. The van der Waals surface area contributed by atoms with Gasteiger partial charge in [0.15, 0.2) is 7.38 Å². The van der Waals surface area contributed by atoms with E-state index in [-0.39, 0.29) is 17.6 Å². The van der Waals surface area contributed by atoms with Crippen LogP contribution in [0.5, 0.6) is 0 Å². The van der Waals surface area contributed by atoms with Gasteiger partial charge in [0.05, 0.1) is 0 Å². The van der Waals surface area contributed by atoms with Crippen LogP contribution in [0.25, 0.3) is 0 Å². The van der Waals surface area contributed by atoms with E-state index in [0.29, 0.717) is 5.04 Å². The van der Waals surface area contributed by atoms with Crippen molar-refractivity contribution in [2.45, 2.75) is 38.9 Å². The molecule has 0 unspecified atom stereocenters. The fraction of sp³-hybridized carbons (Fsp3) is 1.00. The first-order valence-electron chi connectivity index (χ1n) is 2.94. The van der Waals surface area contributed by atoms with Gasteiger partial charge in [-0.3, -0.25) is 0 Å². The maximum absolute atomic E-state index is 6.15. The second-order valence-corrected chi connectivity index (χ2v) is 11.0. The molecule has 9 heavy (non-hydrogen) atoms. The van der Waals surface area contributed by atoms with Crippen LogP contribution in [0.1, 0.15) is 20.8 Å². The van der Waals surface area contributed by atoms with Crippen molar-refractivity contribution in [1.29, 1.82) is 0 Å². The third-order valence-corrected chi connectivity index (χ3v) is 7.05. The van der Waals surface area contributed by atoms with Crippen molar-refractivity contribution in [1.82, 2.24) is 0 Å². The number of hydrogen-bond donors (Lipinski definition) is 0. The fourth-order valence-electron chi connectivity index (χ4n) is 0. The molecule has 0 saturated carbocycles. The van der Waals surface area contributed by atoms with E-state index in [2.05, 4.69) is 33.9 Å². The van der Waals surface area contributed by atoms with Crippen molar-refractivity contribution < 1.29 is 0 Å². The molecule has 0 heterocycles. The van der Waals surface area contributed by atoms with E-state index < -0.39 is 7.38 Å². The van der Waals surface area contributed by atoms with Crippen LogP contribution >= 0.6 is 11.1 Å². The quantitative estimate of drug-likeness (QED) is 0.437. The van der Waals surface area contributed by atoms with Gasteiger partial charge >= 0.3 is 17.6 Å². The van der Waals surface area contributed by atoms with Crippen LogP contribution in [0.2, 0.25) is 18.1 Å². The molecular formula is C6H19ClGeSi. The normalized spacial score (nSPS) is 12.7. The Balaban J connectivity index is 0. The summed E-state index contributed by atoms with van der Waals surface area (Å²) in [6, 6.07) is 0. The third-order valence-electron chi connectivity index (χ3n) is 1.78. The molecule has 0 aliphatic carbocycles. The van der Waals surface area contributed by atoms with Crippen LogP contribution in [0.3, 0.4) is 0 Å². The molecule has 0 fully saturated rings. The van der Waals surface area contributed by atoms with Crippen molar-refractivity contribution in [3.8, 4) is 0 Å². The van der Waals surface area contributed by atoms with Gasteiger partial charge in [0, 0.05) is 0 Å². The first-order valence-corrected chi connectivity index (χ1v) is 6.95. The Kier molecular flexibility index (Phi) is 4.86. The van der Waals surface area contributed by atoms with Crippen molar-refractivity contribution in [2.24, 2.45) is 0 Å². The maximum atomic E-state index is 6.15. The van der Waals surface area contributed by atoms with E-state index in [4.69, 9.17) is 11.1 Å². The van der Waals surface area contributed by atoms with Gasteiger partial charge in [0.2, 0.25) is 0 Å². The number of halogens is 1. The SMILES string of the molecule is CC(C)(C)[Si](C)(C)Cl.[GeH4]. The van der Waals surface area contributed by atoms with E-state index in [1.807, 2.05) is 0 Å². The summed E-state index contributed by atoms with van der Waals surface area (Å²) in [5, 5.41) is 0.342. The molecular weight excluding hydrogens is 208 g/mol. The van der Waals surface area contributed by atoms with Crippen LogP contribution in [0.15, 0.2) is 0 Å². The Morgan fingerprint density at radius 2 is 1.22 bits per heavy atom. The molecule has 58 valence electrons. The van der Waals surface area contributed by atoms with Crippen molar-refractivity contribution in [3.05, 3.63) is 0 Å². The molecule has 0 spiro atoms. The first kappa shape index (κ1) is 12.7. The van der Waals surface area contributed by atoms with Crippen LogP contribution in [0, 0.1) is 0 Å². The molecule has 0 aromatic carbocycles. The standard InChI is InChI=1S/C6H15ClSi.GeH4/c1-6(2,3)8(4,5)7;/h1-5H3;1H4. The van der Waals surface area contributed by atoms with Crippen LogP contribution in [0.4, 0.5) is 0 Å². The molecule has 0 aromatic heterocycles. The van der Waals surface area contributed by atoms with Crippen LogP contribution < -0.4 is 0 Å². The number of rotatable bonds is 0. The summed E-state index contributed by atoms with van der Waals surface area (Å²) in [5.74, 6) is 0. The zero-order valence-corrected chi connectivity index (χ0v) is 8.13. The Labute approximate surface area is 75.1 Å². The third kappa shape index (κ3) is 4.45. The minimum absolute atomic E-state index is 0. The molecule has 0 bridgehead atoms. The van der Waals surface area contributed by atoms with E-state index in [0.717, 1.165) is 0 Å². The Hall–Kier alpha value is 1.05. The van der Waals surface area contributed by atoms with Gasteiger partial charge in [-0.1, -0.05) is 33.9 Å². The molecule has 0 radical (unpaired) electrons. The summed E-state index contributed by atoms with van der Waals surface area (Å²) in [6.07, 6.45) is 0. The van der Waals surface area contributed by atoms with E-state index in [9.17, 15) is 0 Å². The predicted octanol–water partition coefficient (Wildman–Crippen LogP) is 1.78. The molecule has 0 atom stereocenters. The molecule has 0 aliphatic heterocycles. The zero-order chi connectivity index (χ0) is 7.00. The summed E-state index contributed by atoms with van der Waals surface area (Å²) in [6.45, 7) is 11.0. The number of hydrogen-bond acceptors (Lipinski definition) is 0. The molecule has 0 aliphatic rings. The van der Waals surface area contributed by atoms with Crippen LogP contribution in [-0.2, 0) is 0 Å². The van der Waals surface area contributed by atoms with Gasteiger partial charge in [0.25, 0.3) is 0 Å². The van der Waals surface area contributed by atoms with E-state index in [1.54, 1.807) is 0 Å². The summed E-state index contributed by atoms with van der Waals surface area (Å²) in [4.78, 5) is 0. The van der Waals surface area contributed by atoms with E-state index >= 15 is 0 Å². The fourth-order valence-corrected chi connectivity index (χ4v) is 0. The molecule has 0 amide bonds. The average Bonchev–Trinajstić information content (AvgIpc) is 1.25. The summed E-state index contributed by atoms with van der Waals surface area (Å²) >= 11 is 6.15. The molecule has 0 aromatic rings. The van der Waals surface area contributed by atoms with Gasteiger partial charge in [-0.15, -0.1) is 0 Å². The summed E-state index contributed by atoms with van der Waals surface area (Å²) in [7, 11) is -1.39. The molecule has 0 rings (SSSR count). The monoisotopic (exact) mass is 228 g/mol. The second kappa shape index (κ2) is 3.44. The Bertz CT molecular complexity index is 68.0. The van der Waals surface area contributed by atoms with Crippen molar-refractivity contribution in [3.63, 3.8) is 0 Å². The van der Waals surface area contributed by atoms with Crippen molar-refractivity contribution in [2.75, 3.05) is 0 Å². The molecule has 0 nitrogen and oxygen atoms in total. The molecule has 3 heteroatoms. The minimum atomic E-state index is -1.39. The zero-order valence-electron chi connectivity index (χ0n) is 6.38. The molecule has 0 saturated heterocycles. The topological polar surface area (TPSA) is 0 Å².